The van der Waals surface area contributed by atoms with Gasteiger partial charge >= 0.3 is 0 Å². The van der Waals surface area contributed by atoms with E-state index in [2.05, 4.69) is 10.2 Å². The predicted molar refractivity (Wildman–Crippen MR) is 54.7 cm³/mol. The minimum Gasteiger partial charge on any atom is -0.274 e. The fourth-order valence-corrected chi connectivity index (χ4v) is 2.32. The second-order valence-electron chi connectivity index (χ2n) is 2.85. The number of carbonyl (C=O) groups is 1. The minimum absolute atomic E-state index is 0.109. The highest BCUT2D eigenvalue weighted by molar-refractivity contribution is 7.89. The third kappa shape index (κ3) is 3.52. The first-order chi connectivity index (χ1) is 6.94. The van der Waals surface area contributed by atoms with Crippen molar-refractivity contribution >= 4 is 27.5 Å². The van der Waals surface area contributed by atoms with Crippen LogP contribution >= 0.6 is 11.6 Å². The van der Waals surface area contributed by atoms with Gasteiger partial charge in [-0.1, -0.05) is 18.5 Å². The van der Waals surface area contributed by atoms with Crippen molar-refractivity contribution in [3.8, 4) is 0 Å². The fraction of sp³-hybridized carbons (Fsp3) is 0.429. The van der Waals surface area contributed by atoms with Gasteiger partial charge in [0.2, 0.25) is 15.9 Å². The molecule has 0 fully saturated rings. The molecule has 0 saturated carbocycles. The number of hydrogen-bond acceptors (Lipinski definition) is 4. The maximum atomic E-state index is 11.4. The molecule has 1 amide bonds. The Hall–Kier alpha value is -1.08. The van der Waals surface area contributed by atoms with E-state index >= 15 is 0 Å². The number of hydrogen-bond donors (Lipinski definition) is 2. The van der Waals surface area contributed by atoms with Gasteiger partial charge in [0, 0.05) is 12.0 Å². The van der Waals surface area contributed by atoms with E-state index in [1.54, 1.807) is 6.92 Å². The van der Waals surface area contributed by atoms with Crippen molar-refractivity contribution in [3.05, 3.63) is 16.9 Å². The number of carbonyl (C=O) groups excluding carboxylic acids is 1. The first-order valence-corrected chi connectivity index (χ1v) is 6.18. The van der Waals surface area contributed by atoms with Crippen LogP contribution in [-0.2, 0) is 20.6 Å². The van der Waals surface area contributed by atoms with Crippen LogP contribution in [-0.4, -0.2) is 24.5 Å². The molecule has 0 aliphatic carbocycles. The van der Waals surface area contributed by atoms with Gasteiger partial charge in [0.25, 0.3) is 0 Å². The summed E-state index contributed by atoms with van der Waals surface area (Å²) in [7, 11) is -3.68. The van der Waals surface area contributed by atoms with E-state index in [9.17, 15) is 13.2 Å². The van der Waals surface area contributed by atoms with Gasteiger partial charge in [-0.2, -0.15) is 5.10 Å². The van der Waals surface area contributed by atoms with E-state index in [-0.39, 0.29) is 17.3 Å². The summed E-state index contributed by atoms with van der Waals surface area (Å²) in [4.78, 5) is 10.9. The SMILES string of the molecule is CCC(=O)NS(=O)(=O)Cc1cn[nH]c1Cl. The second-order valence-corrected chi connectivity index (χ2v) is 4.95. The number of nitrogens with one attached hydrogen (secondary N) is 2. The van der Waals surface area contributed by atoms with Gasteiger partial charge in [-0.25, -0.2) is 8.42 Å². The zero-order chi connectivity index (χ0) is 11.5. The lowest BCUT2D eigenvalue weighted by atomic mass is 10.4. The molecule has 0 unspecified atom stereocenters. The van der Waals surface area contributed by atoms with Gasteiger partial charge in [-0.15, -0.1) is 0 Å². The van der Waals surface area contributed by atoms with Crippen molar-refractivity contribution in [2.75, 3.05) is 0 Å². The maximum absolute atomic E-state index is 11.4. The van der Waals surface area contributed by atoms with Crippen molar-refractivity contribution in [1.82, 2.24) is 14.9 Å². The molecule has 0 aromatic carbocycles. The number of H-pyrrole nitrogens is 1. The van der Waals surface area contributed by atoms with Crippen LogP contribution in [0.15, 0.2) is 6.20 Å². The van der Waals surface area contributed by atoms with E-state index in [4.69, 9.17) is 11.6 Å². The quantitative estimate of drug-likeness (QED) is 0.811. The molecule has 0 spiro atoms. The predicted octanol–water partition coefficient (Wildman–Crippen LogP) is 0.419. The molecule has 0 saturated heterocycles. The van der Waals surface area contributed by atoms with Crippen molar-refractivity contribution in [2.45, 2.75) is 19.1 Å². The highest BCUT2D eigenvalue weighted by atomic mass is 35.5. The number of sulfonamides is 1. The van der Waals surface area contributed by atoms with Gasteiger partial charge in [0.05, 0.1) is 11.9 Å². The molecule has 0 aliphatic heterocycles. The second kappa shape index (κ2) is 4.63. The number of halogens is 1. The van der Waals surface area contributed by atoms with E-state index < -0.39 is 15.9 Å². The normalized spacial score (nSPS) is 11.3. The lowest BCUT2D eigenvalue weighted by Gasteiger charge is -2.03. The van der Waals surface area contributed by atoms with Crippen LogP contribution in [0.2, 0.25) is 5.15 Å². The fourth-order valence-electron chi connectivity index (χ4n) is 0.882. The largest absolute Gasteiger partial charge is 0.274 e. The van der Waals surface area contributed by atoms with Crippen molar-refractivity contribution in [2.24, 2.45) is 0 Å². The Kier molecular flexibility index (Phi) is 3.70. The van der Waals surface area contributed by atoms with Gasteiger partial charge in [-0.3, -0.25) is 14.6 Å². The summed E-state index contributed by atoms with van der Waals surface area (Å²) in [6.45, 7) is 1.57. The van der Waals surface area contributed by atoms with Crippen LogP contribution < -0.4 is 4.72 Å². The third-order valence-electron chi connectivity index (χ3n) is 1.60. The summed E-state index contributed by atoms with van der Waals surface area (Å²) in [5, 5.41) is 6.12. The Morgan fingerprint density at radius 2 is 2.33 bits per heavy atom. The van der Waals surface area contributed by atoms with Crippen molar-refractivity contribution < 1.29 is 13.2 Å². The van der Waals surface area contributed by atoms with Crippen LogP contribution in [0.5, 0.6) is 0 Å². The standard InChI is InChI=1S/C7H10ClN3O3S/c1-2-6(12)11-15(13,14)4-5-3-9-10-7(5)8/h3H,2,4H2,1H3,(H,9,10)(H,11,12). The number of amides is 1. The van der Waals surface area contributed by atoms with E-state index in [1.807, 2.05) is 4.72 Å². The maximum Gasteiger partial charge on any atom is 0.239 e. The van der Waals surface area contributed by atoms with Gasteiger partial charge in [0.1, 0.15) is 5.15 Å². The molecule has 1 aromatic rings. The topological polar surface area (TPSA) is 91.9 Å². The molecule has 1 rings (SSSR count). The van der Waals surface area contributed by atoms with E-state index in [0.717, 1.165) is 0 Å². The van der Waals surface area contributed by atoms with Crippen LogP contribution in [0, 0.1) is 0 Å². The lowest BCUT2D eigenvalue weighted by Crippen LogP contribution is -2.30. The molecule has 84 valence electrons. The minimum atomic E-state index is -3.68. The average Bonchev–Trinajstić information content (AvgIpc) is 2.50. The number of rotatable bonds is 4. The molecule has 0 atom stereocenters. The van der Waals surface area contributed by atoms with Crippen molar-refractivity contribution in [1.29, 1.82) is 0 Å². The molecular weight excluding hydrogens is 242 g/mol. The molecule has 1 heterocycles. The number of aromatic nitrogens is 2. The molecule has 0 aliphatic rings. The zero-order valence-corrected chi connectivity index (χ0v) is 9.52. The first kappa shape index (κ1) is 12.0. The molecular formula is C7H10ClN3O3S. The molecule has 8 heteroatoms. The van der Waals surface area contributed by atoms with Gasteiger partial charge in [0.15, 0.2) is 0 Å². The summed E-state index contributed by atoms with van der Waals surface area (Å²) in [5.74, 6) is -0.914. The number of nitrogens with zero attached hydrogens (tertiary/aromatic N) is 1. The van der Waals surface area contributed by atoms with Crippen LogP contribution in [0.3, 0.4) is 0 Å². The van der Waals surface area contributed by atoms with Crippen LogP contribution in [0.4, 0.5) is 0 Å². The smallest absolute Gasteiger partial charge is 0.239 e. The van der Waals surface area contributed by atoms with Crippen molar-refractivity contribution in [3.63, 3.8) is 0 Å². The monoisotopic (exact) mass is 251 g/mol. The molecule has 0 radical (unpaired) electrons. The summed E-state index contributed by atoms with van der Waals surface area (Å²) in [6, 6.07) is 0. The first-order valence-electron chi connectivity index (χ1n) is 4.15. The Labute approximate surface area is 92.1 Å². The average molecular weight is 252 g/mol. The summed E-state index contributed by atoms with van der Waals surface area (Å²) < 4.78 is 24.7. The zero-order valence-electron chi connectivity index (χ0n) is 7.95. The summed E-state index contributed by atoms with van der Waals surface area (Å²) in [6.07, 6.45) is 1.41. The molecule has 15 heavy (non-hydrogen) atoms. The van der Waals surface area contributed by atoms with Crippen LogP contribution in [0.1, 0.15) is 18.9 Å². The Balaban J connectivity index is 2.73. The van der Waals surface area contributed by atoms with E-state index in [0.29, 0.717) is 5.56 Å². The molecule has 0 bridgehead atoms. The highest BCUT2D eigenvalue weighted by Crippen LogP contribution is 2.13. The Morgan fingerprint density at radius 1 is 1.67 bits per heavy atom. The van der Waals surface area contributed by atoms with Gasteiger partial charge in [-0.05, 0) is 0 Å². The number of aromatic amines is 1. The summed E-state index contributed by atoms with van der Waals surface area (Å²) >= 11 is 5.62. The molecule has 1 aromatic heterocycles. The molecule has 6 nitrogen and oxygen atoms in total. The summed E-state index contributed by atoms with van der Waals surface area (Å²) in [5.41, 5.74) is 0.327. The van der Waals surface area contributed by atoms with Gasteiger partial charge < -0.3 is 0 Å². The highest BCUT2D eigenvalue weighted by Gasteiger charge is 2.16. The Morgan fingerprint density at radius 3 is 2.80 bits per heavy atom. The lowest BCUT2D eigenvalue weighted by molar-refractivity contribution is -0.119. The van der Waals surface area contributed by atoms with Crippen LogP contribution in [0.25, 0.3) is 0 Å². The molecule has 2 N–H and O–H groups in total. The Bertz CT molecular complexity index is 454. The third-order valence-corrected chi connectivity index (χ3v) is 3.16. The van der Waals surface area contributed by atoms with E-state index in [1.165, 1.54) is 6.20 Å².